The van der Waals surface area contributed by atoms with Gasteiger partial charge in [0.1, 0.15) is 0 Å². The van der Waals surface area contributed by atoms with E-state index in [1.165, 1.54) is 17.6 Å². The third kappa shape index (κ3) is 4.03. The molecule has 6 heteroatoms. The van der Waals surface area contributed by atoms with Gasteiger partial charge in [-0.05, 0) is 61.4 Å². The molecule has 2 aromatic carbocycles. The van der Waals surface area contributed by atoms with E-state index in [0.29, 0.717) is 5.69 Å². The number of benzene rings is 2. The fraction of sp³-hybridized carbons (Fsp3) is 0.133. The molecule has 0 fully saturated rings. The van der Waals surface area contributed by atoms with Crippen LogP contribution in [-0.2, 0) is 10.0 Å². The number of anilines is 2. The lowest BCUT2D eigenvalue weighted by Gasteiger charge is -2.10. The van der Waals surface area contributed by atoms with Crippen molar-refractivity contribution in [3.8, 4) is 0 Å². The predicted molar refractivity (Wildman–Crippen MR) is 90.4 cm³/mol. The Morgan fingerprint density at radius 1 is 0.952 bits per heavy atom. The van der Waals surface area contributed by atoms with E-state index in [1.54, 1.807) is 24.3 Å². The largest absolute Gasteiger partial charge is 0.353 e. The van der Waals surface area contributed by atoms with Crippen molar-refractivity contribution in [2.24, 2.45) is 0 Å². The quantitative estimate of drug-likeness (QED) is 0.828. The molecule has 0 aliphatic heterocycles. The maximum absolute atomic E-state index is 12.3. The van der Waals surface area contributed by atoms with Gasteiger partial charge in [0.25, 0.3) is 10.0 Å². The van der Waals surface area contributed by atoms with Crippen molar-refractivity contribution < 1.29 is 8.42 Å². The number of nitrogens with one attached hydrogen (secondary N) is 2. The van der Waals surface area contributed by atoms with Crippen LogP contribution in [0.15, 0.2) is 47.4 Å². The van der Waals surface area contributed by atoms with Crippen molar-refractivity contribution in [1.82, 2.24) is 0 Å². The van der Waals surface area contributed by atoms with Gasteiger partial charge >= 0.3 is 0 Å². The monoisotopic (exact) mass is 320 g/mol. The van der Waals surface area contributed by atoms with Crippen molar-refractivity contribution in [2.75, 3.05) is 10.0 Å². The smallest absolute Gasteiger partial charge is 0.261 e. The first kappa shape index (κ1) is 15.5. The van der Waals surface area contributed by atoms with E-state index in [1.807, 2.05) is 19.9 Å². The van der Waals surface area contributed by atoms with E-state index in [0.717, 1.165) is 16.8 Å². The molecule has 0 atom stereocenters. The summed E-state index contributed by atoms with van der Waals surface area (Å²) in [6, 6.07) is 12.0. The van der Waals surface area contributed by atoms with Crippen molar-refractivity contribution >= 4 is 39.1 Å². The lowest BCUT2D eigenvalue weighted by Crippen LogP contribution is -2.13. The standard InChI is InChI=1S/C15H16N2O2S2/c1-11-7-12(2)9-14(8-11)17-21(18,19)15-5-3-13(4-6-15)16-10-20/h3-10,17H,1-2H3,(H,16,20). The van der Waals surface area contributed by atoms with Crippen LogP contribution in [0.1, 0.15) is 11.1 Å². The van der Waals surface area contributed by atoms with Crippen LogP contribution in [0.5, 0.6) is 0 Å². The van der Waals surface area contributed by atoms with E-state index in [4.69, 9.17) is 0 Å². The number of thiocarbonyl (C=S) groups is 1. The maximum Gasteiger partial charge on any atom is 0.261 e. The van der Waals surface area contributed by atoms with E-state index in [2.05, 4.69) is 22.3 Å². The average molecular weight is 320 g/mol. The molecule has 0 aliphatic carbocycles. The highest BCUT2D eigenvalue weighted by molar-refractivity contribution is 7.92. The summed E-state index contributed by atoms with van der Waals surface area (Å²) in [5.74, 6) is 0. The molecule has 0 aromatic heterocycles. The first-order valence-corrected chi connectivity index (χ1v) is 8.27. The number of rotatable bonds is 5. The van der Waals surface area contributed by atoms with Crippen LogP contribution < -0.4 is 10.0 Å². The van der Waals surface area contributed by atoms with Crippen LogP contribution in [0, 0.1) is 13.8 Å². The van der Waals surface area contributed by atoms with E-state index < -0.39 is 10.0 Å². The SMILES string of the molecule is Cc1cc(C)cc(NS(=O)(=O)c2ccc(NC=S)cc2)c1. The number of sulfonamides is 1. The molecule has 0 amide bonds. The summed E-state index contributed by atoms with van der Waals surface area (Å²) in [6.45, 7) is 3.85. The minimum atomic E-state index is -3.59. The molecule has 21 heavy (non-hydrogen) atoms. The van der Waals surface area contributed by atoms with E-state index >= 15 is 0 Å². The minimum Gasteiger partial charge on any atom is -0.353 e. The minimum absolute atomic E-state index is 0.205. The lowest BCUT2D eigenvalue weighted by molar-refractivity contribution is 0.601. The number of aryl methyl sites for hydroxylation is 2. The second-order valence-electron chi connectivity index (χ2n) is 4.77. The Labute approximate surface area is 130 Å². The molecule has 0 heterocycles. The van der Waals surface area contributed by atoms with Gasteiger partial charge in [-0.3, -0.25) is 4.72 Å². The van der Waals surface area contributed by atoms with E-state index in [9.17, 15) is 8.42 Å². The molecule has 0 saturated carbocycles. The Kier molecular flexibility index (Phi) is 4.59. The maximum atomic E-state index is 12.3. The Balaban J connectivity index is 2.27. The van der Waals surface area contributed by atoms with Gasteiger partial charge in [-0.25, -0.2) is 8.42 Å². The zero-order valence-corrected chi connectivity index (χ0v) is 13.4. The van der Waals surface area contributed by atoms with Crippen LogP contribution in [0.4, 0.5) is 11.4 Å². The molecule has 0 bridgehead atoms. The second kappa shape index (κ2) is 6.24. The van der Waals surface area contributed by atoms with Gasteiger partial charge in [0.05, 0.1) is 10.4 Å². The van der Waals surface area contributed by atoms with Gasteiger partial charge < -0.3 is 5.32 Å². The Hall–Kier alpha value is -1.92. The third-order valence-corrected chi connectivity index (χ3v) is 4.38. The molecule has 0 aliphatic rings. The van der Waals surface area contributed by atoms with Crippen molar-refractivity contribution in [3.63, 3.8) is 0 Å². The highest BCUT2D eigenvalue weighted by atomic mass is 32.2. The summed E-state index contributed by atoms with van der Waals surface area (Å²) >= 11 is 4.68. The van der Waals surface area contributed by atoms with Crippen molar-refractivity contribution in [2.45, 2.75) is 18.7 Å². The normalized spacial score (nSPS) is 11.0. The first-order chi connectivity index (χ1) is 9.90. The first-order valence-electron chi connectivity index (χ1n) is 6.32. The fourth-order valence-corrected chi connectivity index (χ4v) is 3.22. The van der Waals surface area contributed by atoms with Gasteiger partial charge in [-0.2, -0.15) is 0 Å². The van der Waals surface area contributed by atoms with Gasteiger partial charge in [-0.1, -0.05) is 18.3 Å². The molecule has 0 radical (unpaired) electrons. The second-order valence-corrected chi connectivity index (χ2v) is 6.69. The van der Waals surface area contributed by atoms with Crippen LogP contribution in [-0.4, -0.2) is 13.9 Å². The molecule has 4 nitrogen and oxygen atoms in total. The summed E-state index contributed by atoms with van der Waals surface area (Å²) in [5.41, 5.74) is 4.70. The average Bonchev–Trinajstić information content (AvgIpc) is 2.38. The molecule has 2 N–H and O–H groups in total. The zero-order chi connectivity index (χ0) is 15.5. The van der Waals surface area contributed by atoms with Gasteiger partial charge in [0.15, 0.2) is 0 Å². The summed E-state index contributed by atoms with van der Waals surface area (Å²) in [4.78, 5) is 0.205. The molecule has 0 saturated heterocycles. The molecule has 2 rings (SSSR count). The summed E-state index contributed by atoms with van der Waals surface area (Å²) in [7, 11) is -3.59. The molecule has 0 unspecified atom stereocenters. The highest BCUT2D eigenvalue weighted by Crippen LogP contribution is 2.20. The molecular formula is C15H16N2O2S2. The van der Waals surface area contributed by atoms with E-state index in [-0.39, 0.29) is 4.90 Å². The van der Waals surface area contributed by atoms with Gasteiger partial charge in [0.2, 0.25) is 0 Å². The van der Waals surface area contributed by atoms with Crippen LogP contribution in [0.3, 0.4) is 0 Å². The molecule has 110 valence electrons. The summed E-state index contributed by atoms with van der Waals surface area (Å²) < 4.78 is 27.3. The van der Waals surface area contributed by atoms with Crippen molar-refractivity contribution in [1.29, 1.82) is 0 Å². The van der Waals surface area contributed by atoms with Crippen LogP contribution in [0.25, 0.3) is 0 Å². The summed E-state index contributed by atoms with van der Waals surface area (Å²) in [5, 5.41) is 2.83. The van der Waals surface area contributed by atoms with Gasteiger partial charge in [-0.15, -0.1) is 0 Å². The predicted octanol–water partition coefficient (Wildman–Crippen LogP) is 3.47. The Morgan fingerprint density at radius 3 is 2.05 bits per heavy atom. The van der Waals surface area contributed by atoms with Crippen molar-refractivity contribution in [3.05, 3.63) is 53.6 Å². The third-order valence-electron chi connectivity index (χ3n) is 2.86. The Bertz CT molecular complexity index is 733. The molecule has 0 spiro atoms. The summed E-state index contributed by atoms with van der Waals surface area (Å²) in [6.07, 6.45) is 0. The molecule has 2 aromatic rings. The number of hydrogen-bond donors (Lipinski definition) is 2. The zero-order valence-electron chi connectivity index (χ0n) is 11.8. The highest BCUT2D eigenvalue weighted by Gasteiger charge is 2.14. The Morgan fingerprint density at radius 2 is 1.52 bits per heavy atom. The van der Waals surface area contributed by atoms with Crippen LogP contribution in [0.2, 0.25) is 0 Å². The number of hydrogen-bond acceptors (Lipinski definition) is 3. The van der Waals surface area contributed by atoms with Crippen LogP contribution >= 0.6 is 12.2 Å². The lowest BCUT2D eigenvalue weighted by atomic mass is 10.1. The molecular weight excluding hydrogens is 304 g/mol. The van der Waals surface area contributed by atoms with Gasteiger partial charge in [0, 0.05) is 11.4 Å². The topological polar surface area (TPSA) is 58.2 Å². The fourth-order valence-electron chi connectivity index (χ4n) is 2.05.